The molecule has 23 heavy (non-hydrogen) atoms. The van der Waals surface area contributed by atoms with Gasteiger partial charge in [-0.05, 0) is 48.5 Å². The number of benzene rings is 2. The number of aromatic nitrogens is 1. The maximum atomic E-state index is 12.5. The van der Waals surface area contributed by atoms with Crippen molar-refractivity contribution in [3.05, 3.63) is 69.0 Å². The number of anilines is 3. The van der Waals surface area contributed by atoms with Crippen molar-refractivity contribution < 1.29 is 4.79 Å². The number of nitrogens with zero attached hydrogens (tertiary/aromatic N) is 1. The molecule has 0 unspecified atom stereocenters. The normalized spacial score (nSPS) is 10.5. The number of thiazole rings is 1. The van der Waals surface area contributed by atoms with Crippen LogP contribution in [0.2, 0.25) is 10.0 Å². The van der Waals surface area contributed by atoms with Gasteiger partial charge in [0.15, 0.2) is 5.13 Å². The van der Waals surface area contributed by atoms with Gasteiger partial charge in [0.2, 0.25) is 5.78 Å². The lowest BCUT2D eigenvalue weighted by atomic mass is 10.1. The Balaban J connectivity index is 1.84. The van der Waals surface area contributed by atoms with Crippen molar-refractivity contribution in [2.24, 2.45) is 0 Å². The summed E-state index contributed by atoms with van der Waals surface area (Å²) in [5.74, 6) is 0.0206. The van der Waals surface area contributed by atoms with Crippen LogP contribution in [0.15, 0.2) is 48.5 Å². The van der Waals surface area contributed by atoms with Crippen molar-refractivity contribution in [3.63, 3.8) is 0 Å². The van der Waals surface area contributed by atoms with Gasteiger partial charge in [0.25, 0.3) is 0 Å². The molecule has 0 amide bonds. The summed E-state index contributed by atoms with van der Waals surface area (Å²) in [6.45, 7) is 0. The third kappa shape index (κ3) is 3.64. The molecule has 0 saturated carbocycles. The molecule has 7 heteroatoms. The standard InChI is InChI=1S/C16H11Cl2N3OS/c17-10-3-1-9(2-4-10)13(22)14-15(19)21-16(23-14)20-12-7-5-11(18)6-8-12/h1-8H,19H2,(H,20,21). The Morgan fingerprint density at radius 1 is 1.00 bits per heavy atom. The second-order valence-electron chi connectivity index (χ2n) is 4.70. The number of carbonyl (C=O) groups is 1. The summed E-state index contributed by atoms with van der Waals surface area (Å²) in [6.07, 6.45) is 0. The van der Waals surface area contributed by atoms with Crippen LogP contribution in [-0.4, -0.2) is 10.8 Å². The van der Waals surface area contributed by atoms with E-state index in [2.05, 4.69) is 10.3 Å². The van der Waals surface area contributed by atoms with Crippen molar-refractivity contribution in [2.45, 2.75) is 0 Å². The Labute approximate surface area is 146 Å². The van der Waals surface area contributed by atoms with Gasteiger partial charge in [0, 0.05) is 21.3 Å². The first kappa shape index (κ1) is 15.8. The predicted octanol–water partition coefficient (Wildman–Crippen LogP) is 5.01. The molecular weight excluding hydrogens is 353 g/mol. The van der Waals surface area contributed by atoms with E-state index in [4.69, 9.17) is 28.9 Å². The maximum absolute atomic E-state index is 12.5. The molecule has 1 aromatic heterocycles. The second-order valence-corrected chi connectivity index (χ2v) is 6.57. The molecule has 0 saturated heterocycles. The smallest absolute Gasteiger partial charge is 0.206 e. The highest BCUT2D eigenvalue weighted by Crippen LogP contribution is 2.30. The van der Waals surface area contributed by atoms with Gasteiger partial charge in [-0.2, -0.15) is 0 Å². The van der Waals surface area contributed by atoms with Crippen LogP contribution in [0.5, 0.6) is 0 Å². The summed E-state index contributed by atoms with van der Waals surface area (Å²) in [6, 6.07) is 13.8. The molecule has 3 rings (SSSR count). The van der Waals surface area contributed by atoms with Crippen LogP contribution in [-0.2, 0) is 0 Å². The quantitative estimate of drug-likeness (QED) is 0.639. The number of halogens is 2. The highest BCUT2D eigenvalue weighted by atomic mass is 35.5. The molecule has 0 aliphatic heterocycles. The number of hydrogen-bond acceptors (Lipinski definition) is 5. The van der Waals surface area contributed by atoms with Crippen molar-refractivity contribution in [2.75, 3.05) is 11.1 Å². The molecule has 0 bridgehead atoms. The molecule has 2 aromatic carbocycles. The zero-order chi connectivity index (χ0) is 16.4. The Morgan fingerprint density at radius 2 is 1.57 bits per heavy atom. The third-order valence-corrected chi connectivity index (χ3v) is 4.55. The fourth-order valence-electron chi connectivity index (χ4n) is 1.94. The van der Waals surface area contributed by atoms with Gasteiger partial charge in [-0.15, -0.1) is 0 Å². The maximum Gasteiger partial charge on any atom is 0.206 e. The number of nitrogens with one attached hydrogen (secondary N) is 1. The SMILES string of the molecule is Nc1nc(Nc2ccc(Cl)cc2)sc1C(=O)c1ccc(Cl)cc1. The van der Waals surface area contributed by atoms with E-state index in [1.54, 1.807) is 36.4 Å². The monoisotopic (exact) mass is 363 g/mol. The van der Waals surface area contributed by atoms with Gasteiger partial charge in [0.1, 0.15) is 10.7 Å². The van der Waals surface area contributed by atoms with E-state index in [0.717, 1.165) is 5.69 Å². The van der Waals surface area contributed by atoms with Gasteiger partial charge in [-0.25, -0.2) is 4.98 Å². The fourth-order valence-corrected chi connectivity index (χ4v) is 3.06. The van der Waals surface area contributed by atoms with Gasteiger partial charge in [-0.3, -0.25) is 4.79 Å². The summed E-state index contributed by atoms with van der Waals surface area (Å²) >= 11 is 12.9. The summed E-state index contributed by atoms with van der Waals surface area (Å²) < 4.78 is 0. The first-order valence-electron chi connectivity index (χ1n) is 6.62. The Morgan fingerprint density at radius 3 is 2.17 bits per heavy atom. The highest BCUT2D eigenvalue weighted by Gasteiger charge is 2.18. The molecule has 0 atom stereocenters. The minimum Gasteiger partial charge on any atom is -0.382 e. The fraction of sp³-hybridized carbons (Fsp3) is 0. The van der Waals surface area contributed by atoms with Gasteiger partial charge in [-0.1, -0.05) is 34.5 Å². The molecule has 0 spiro atoms. The van der Waals surface area contributed by atoms with Crippen molar-refractivity contribution >= 4 is 57.0 Å². The van der Waals surface area contributed by atoms with E-state index in [1.165, 1.54) is 11.3 Å². The number of hydrogen-bond donors (Lipinski definition) is 2. The molecule has 4 nitrogen and oxygen atoms in total. The Hall–Kier alpha value is -2.08. The van der Waals surface area contributed by atoms with Crippen LogP contribution < -0.4 is 11.1 Å². The molecule has 1 heterocycles. The number of carbonyl (C=O) groups excluding carboxylic acids is 1. The lowest BCUT2D eigenvalue weighted by Crippen LogP contribution is -2.02. The van der Waals surface area contributed by atoms with E-state index in [9.17, 15) is 4.79 Å². The molecule has 0 aliphatic carbocycles. The predicted molar refractivity (Wildman–Crippen MR) is 96.1 cm³/mol. The second kappa shape index (κ2) is 6.58. The van der Waals surface area contributed by atoms with Crippen LogP contribution in [0.3, 0.4) is 0 Å². The van der Waals surface area contributed by atoms with Crippen molar-refractivity contribution in [3.8, 4) is 0 Å². The van der Waals surface area contributed by atoms with E-state index < -0.39 is 0 Å². The van der Waals surface area contributed by atoms with Crippen LogP contribution in [0.25, 0.3) is 0 Å². The minimum atomic E-state index is -0.180. The lowest BCUT2D eigenvalue weighted by Gasteiger charge is -2.01. The van der Waals surface area contributed by atoms with Gasteiger partial charge in [0.05, 0.1) is 0 Å². The molecular formula is C16H11Cl2N3OS. The Bertz CT molecular complexity index is 845. The number of rotatable bonds is 4. The molecule has 3 aromatic rings. The number of nitrogen functional groups attached to an aromatic ring is 1. The van der Waals surface area contributed by atoms with Gasteiger partial charge < -0.3 is 11.1 Å². The molecule has 0 radical (unpaired) electrons. The van der Waals surface area contributed by atoms with Crippen molar-refractivity contribution in [1.82, 2.24) is 4.98 Å². The first-order chi connectivity index (χ1) is 11.0. The number of nitrogens with two attached hydrogens (primary N) is 1. The van der Waals surface area contributed by atoms with Crippen molar-refractivity contribution in [1.29, 1.82) is 0 Å². The highest BCUT2D eigenvalue weighted by molar-refractivity contribution is 7.18. The van der Waals surface area contributed by atoms with Gasteiger partial charge >= 0.3 is 0 Å². The summed E-state index contributed by atoms with van der Waals surface area (Å²) in [5.41, 5.74) is 7.21. The molecule has 0 aliphatic rings. The minimum absolute atomic E-state index is 0.180. The lowest BCUT2D eigenvalue weighted by molar-refractivity contribution is 0.104. The average molecular weight is 364 g/mol. The largest absolute Gasteiger partial charge is 0.382 e. The van der Waals surface area contributed by atoms with Crippen LogP contribution in [0.1, 0.15) is 15.2 Å². The van der Waals surface area contributed by atoms with Crippen LogP contribution in [0, 0.1) is 0 Å². The van der Waals surface area contributed by atoms with E-state index >= 15 is 0 Å². The van der Waals surface area contributed by atoms with E-state index in [1.807, 2.05) is 12.1 Å². The zero-order valence-corrected chi connectivity index (χ0v) is 14.0. The molecule has 116 valence electrons. The van der Waals surface area contributed by atoms with E-state index in [-0.39, 0.29) is 11.6 Å². The Kier molecular flexibility index (Phi) is 4.52. The molecule has 0 fully saturated rings. The van der Waals surface area contributed by atoms with E-state index in [0.29, 0.717) is 25.6 Å². The number of ketones is 1. The van der Waals surface area contributed by atoms with Crippen LogP contribution >= 0.6 is 34.5 Å². The summed E-state index contributed by atoms with van der Waals surface area (Å²) in [4.78, 5) is 17.1. The topological polar surface area (TPSA) is 68.0 Å². The summed E-state index contributed by atoms with van der Waals surface area (Å²) in [5, 5.41) is 4.87. The average Bonchev–Trinajstić information content (AvgIpc) is 2.90. The summed E-state index contributed by atoms with van der Waals surface area (Å²) in [7, 11) is 0. The molecule has 3 N–H and O–H groups in total. The van der Waals surface area contributed by atoms with Crippen LogP contribution in [0.4, 0.5) is 16.6 Å². The first-order valence-corrected chi connectivity index (χ1v) is 8.19. The third-order valence-electron chi connectivity index (χ3n) is 3.06. The zero-order valence-electron chi connectivity index (χ0n) is 11.7.